The lowest BCUT2D eigenvalue weighted by Crippen LogP contribution is -2.44. The van der Waals surface area contributed by atoms with Crippen molar-refractivity contribution in [1.82, 2.24) is 4.31 Å². The Balaban J connectivity index is 0.00000192. The molecule has 0 radical (unpaired) electrons. The number of benzene rings is 1. The van der Waals surface area contributed by atoms with Crippen molar-refractivity contribution in [3.63, 3.8) is 0 Å². The molecule has 2 N–H and O–H groups in total. The van der Waals surface area contributed by atoms with Gasteiger partial charge in [-0.3, -0.25) is 0 Å². The molecule has 2 heterocycles. The molecule has 1 aromatic carbocycles. The van der Waals surface area contributed by atoms with Gasteiger partial charge in [-0.25, -0.2) is 8.42 Å². The van der Waals surface area contributed by atoms with Gasteiger partial charge >= 0.3 is 0 Å². The van der Waals surface area contributed by atoms with Crippen LogP contribution in [0.5, 0.6) is 11.5 Å². The Morgan fingerprint density at radius 3 is 2.65 bits per heavy atom. The lowest BCUT2D eigenvalue weighted by molar-refractivity contribution is 0.171. The van der Waals surface area contributed by atoms with Crippen LogP contribution in [-0.2, 0) is 10.0 Å². The predicted molar refractivity (Wildman–Crippen MR) is 89.9 cm³/mol. The van der Waals surface area contributed by atoms with Gasteiger partial charge in [-0.1, -0.05) is 6.42 Å². The van der Waals surface area contributed by atoms with E-state index in [2.05, 4.69) is 0 Å². The van der Waals surface area contributed by atoms with Crippen LogP contribution in [0.3, 0.4) is 0 Å². The van der Waals surface area contributed by atoms with Crippen LogP contribution in [0.4, 0.5) is 0 Å². The van der Waals surface area contributed by atoms with E-state index in [1.165, 1.54) is 0 Å². The number of hydrogen-bond donors (Lipinski definition) is 1. The van der Waals surface area contributed by atoms with Gasteiger partial charge in [0.2, 0.25) is 10.0 Å². The summed E-state index contributed by atoms with van der Waals surface area (Å²) >= 11 is 0. The molecule has 6 nitrogen and oxygen atoms in total. The van der Waals surface area contributed by atoms with Crippen molar-refractivity contribution < 1.29 is 17.9 Å². The summed E-state index contributed by atoms with van der Waals surface area (Å²) in [7, 11) is -3.52. The van der Waals surface area contributed by atoms with Crippen molar-refractivity contribution in [3.8, 4) is 11.5 Å². The van der Waals surface area contributed by atoms with Gasteiger partial charge in [0.1, 0.15) is 13.2 Å². The van der Waals surface area contributed by atoms with Gasteiger partial charge in [-0.15, -0.1) is 12.4 Å². The van der Waals surface area contributed by atoms with E-state index in [0.29, 0.717) is 44.2 Å². The zero-order valence-electron chi connectivity index (χ0n) is 12.9. The molecular weight excluding hydrogens is 340 g/mol. The van der Waals surface area contributed by atoms with E-state index in [1.807, 2.05) is 0 Å². The fraction of sp³-hybridized carbons (Fsp3) is 0.600. The second kappa shape index (κ2) is 7.70. The van der Waals surface area contributed by atoms with Gasteiger partial charge in [0, 0.05) is 18.7 Å². The first kappa shape index (κ1) is 18.3. The maximum absolute atomic E-state index is 12.9. The number of piperidine rings is 1. The van der Waals surface area contributed by atoms with Crippen molar-refractivity contribution >= 4 is 22.4 Å². The molecule has 1 atom stereocenters. The number of rotatable bonds is 4. The zero-order valence-corrected chi connectivity index (χ0v) is 14.6. The first-order valence-electron chi connectivity index (χ1n) is 7.74. The van der Waals surface area contributed by atoms with Crippen LogP contribution in [0.2, 0.25) is 0 Å². The molecule has 0 aliphatic carbocycles. The van der Waals surface area contributed by atoms with Gasteiger partial charge in [0.25, 0.3) is 0 Å². The summed E-state index contributed by atoms with van der Waals surface area (Å²) in [5.74, 6) is 1.10. The van der Waals surface area contributed by atoms with Crippen LogP contribution < -0.4 is 15.2 Å². The molecular formula is C15H23ClN2O4S. The molecule has 1 saturated heterocycles. The van der Waals surface area contributed by atoms with E-state index in [4.69, 9.17) is 15.2 Å². The summed E-state index contributed by atoms with van der Waals surface area (Å²) in [6.45, 7) is 1.99. The normalized spacial score (nSPS) is 21.5. The topological polar surface area (TPSA) is 81.9 Å². The maximum Gasteiger partial charge on any atom is 0.243 e. The van der Waals surface area contributed by atoms with E-state index in [9.17, 15) is 8.42 Å². The van der Waals surface area contributed by atoms with Gasteiger partial charge in [0.15, 0.2) is 11.5 Å². The Hall–Kier alpha value is -1.02. The van der Waals surface area contributed by atoms with E-state index >= 15 is 0 Å². The Labute approximate surface area is 143 Å². The minimum absolute atomic E-state index is 0. The minimum Gasteiger partial charge on any atom is -0.486 e. The van der Waals surface area contributed by atoms with Crippen LogP contribution >= 0.6 is 12.4 Å². The third kappa shape index (κ3) is 3.74. The molecule has 0 spiro atoms. The highest BCUT2D eigenvalue weighted by Crippen LogP contribution is 2.34. The summed E-state index contributed by atoms with van der Waals surface area (Å²) in [5.41, 5.74) is 5.64. The lowest BCUT2D eigenvalue weighted by Gasteiger charge is -2.34. The number of sulfonamides is 1. The highest BCUT2D eigenvalue weighted by molar-refractivity contribution is 7.89. The second-order valence-electron chi connectivity index (χ2n) is 5.65. The summed E-state index contributed by atoms with van der Waals surface area (Å²) < 4.78 is 38.4. The van der Waals surface area contributed by atoms with Crippen LogP contribution in [0.1, 0.15) is 25.7 Å². The number of nitrogens with two attached hydrogens (primary N) is 1. The molecule has 0 saturated carbocycles. The van der Waals surface area contributed by atoms with Gasteiger partial charge in [-0.2, -0.15) is 4.31 Å². The van der Waals surface area contributed by atoms with E-state index in [-0.39, 0.29) is 23.3 Å². The molecule has 0 bridgehead atoms. The van der Waals surface area contributed by atoms with Crippen molar-refractivity contribution in [1.29, 1.82) is 0 Å². The highest BCUT2D eigenvalue weighted by atomic mass is 35.5. The fourth-order valence-corrected chi connectivity index (χ4v) is 4.83. The Morgan fingerprint density at radius 2 is 1.91 bits per heavy atom. The van der Waals surface area contributed by atoms with Gasteiger partial charge in [-0.05, 0) is 37.9 Å². The zero-order chi connectivity index (χ0) is 15.6. The molecule has 2 aliphatic heterocycles. The number of ether oxygens (including phenoxy) is 2. The molecule has 23 heavy (non-hydrogen) atoms. The van der Waals surface area contributed by atoms with Gasteiger partial charge in [0.05, 0.1) is 4.90 Å². The molecule has 0 amide bonds. The summed E-state index contributed by atoms with van der Waals surface area (Å²) in [4.78, 5) is 0.265. The quantitative estimate of drug-likeness (QED) is 0.882. The minimum atomic E-state index is -3.52. The molecule has 8 heteroatoms. The van der Waals surface area contributed by atoms with Gasteiger partial charge < -0.3 is 15.2 Å². The number of hydrogen-bond acceptors (Lipinski definition) is 5. The summed E-state index contributed by atoms with van der Waals surface area (Å²) in [5, 5.41) is 0. The van der Waals surface area contributed by atoms with Crippen molar-refractivity contribution in [2.75, 3.05) is 26.3 Å². The van der Waals surface area contributed by atoms with E-state index in [0.717, 1.165) is 19.3 Å². The molecule has 1 fully saturated rings. The molecule has 130 valence electrons. The number of fused-ring (bicyclic) bond motifs is 1. The SMILES string of the molecule is Cl.NCCC1CCCCN1S(=O)(=O)c1ccc2c(c1)OCCO2. The fourth-order valence-electron chi connectivity index (χ4n) is 3.09. The average molecular weight is 363 g/mol. The number of halogens is 1. The largest absolute Gasteiger partial charge is 0.486 e. The van der Waals surface area contributed by atoms with Crippen LogP contribution in [-0.4, -0.2) is 45.1 Å². The summed E-state index contributed by atoms with van der Waals surface area (Å²) in [6, 6.07) is 4.83. The Morgan fingerprint density at radius 1 is 1.17 bits per heavy atom. The standard InChI is InChI=1S/C15H22N2O4S.ClH/c16-7-6-12-3-1-2-8-17(12)22(18,19)13-4-5-14-15(11-13)21-10-9-20-14;/h4-5,11-12H,1-3,6-10,16H2;1H. The van der Waals surface area contributed by atoms with Crippen molar-refractivity contribution in [2.24, 2.45) is 5.73 Å². The smallest absolute Gasteiger partial charge is 0.243 e. The first-order chi connectivity index (χ1) is 10.6. The Bertz CT molecular complexity index is 636. The highest BCUT2D eigenvalue weighted by Gasteiger charge is 2.33. The average Bonchev–Trinajstić information content (AvgIpc) is 2.55. The van der Waals surface area contributed by atoms with Crippen LogP contribution in [0.25, 0.3) is 0 Å². The van der Waals surface area contributed by atoms with Crippen LogP contribution in [0, 0.1) is 0 Å². The number of nitrogens with zero attached hydrogens (tertiary/aromatic N) is 1. The molecule has 0 aromatic heterocycles. The van der Waals surface area contributed by atoms with E-state index in [1.54, 1.807) is 22.5 Å². The first-order valence-corrected chi connectivity index (χ1v) is 9.18. The maximum atomic E-state index is 12.9. The van der Waals surface area contributed by atoms with Crippen molar-refractivity contribution in [3.05, 3.63) is 18.2 Å². The monoisotopic (exact) mass is 362 g/mol. The van der Waals surface area contributed by atoms with Crippen molar-refractivity contribution in [2.45, 2.75) is 36.6 Å². The van der Waals surface area contributed by atoms with Crippen LogP contribution in [0.15, 0.2) is 23.1 Å². The molecule has 1 aromatic rings. The molecule has 2 aliphatic rings. The Kier molecular flexibility index (Phi) is 6.13. The predicted octanol–water partition coefficient (Wildman–Crippen LogP) is 1.77. The lowest BCUT2D eigenvalue weighted by atomic mass is 10.0. The molecule has 3 rings (SSSR count). The van der Waals surface area contributed by atoms with E-state index < -0.39 is 10.0 Å². The third-order valence-electron chi connectivity index (χ3n) is 4.19. The summed E-state index contributed by atoms with van der Waals surface area (Å²) in [6.07, 6.45) is 3.52. The molecule has 1 unspecified atom stereocenters. The third-order valence-corrected chi connectivity index (χ3v) is 6.14. The second-order valence-corrected chi connectivity index (χ2v) is 7.54.